The number of ether oxygens (including phenoxy) is 1. The Morgan fingerprint density at radius 1 is 1.35 bits per heavy atom. The van der Waals surface area contributed by atoms with E-state index in [-0.39, 0.29) is 0 Å². The fourth-order valence-corrected chi connectivity index (χ4v) is 2.20. The molecule has 0 amide bonds. The normalized spacial score (nSPS) is 28.4. The lowest BCUT2D eigenvalue weighted by Crippen LogP contribution is -2.46. The van der Waals surface area contributed by atoms with Crippen LogP contribution < -0.4 is 5.32 Å². The highest BCUT2D eigenvalue weighted by atomic mass is 16.5. The summed E-state index contributed by atoms with van der Waals surface area (Å²) in [7, 11) is 0. The number of hydrogen-bond donors (Lipinski definition) is 1. The maximum atomic E-state index is 9.19. The van der Waals surface area contributed by atoms with E-state index >= 15 is 0 Å². The molecule has 98 valence electrons. The highest BCUT2D eigenvalue weighted by molar-refractivity contribution is 5.04. The second kappa shape index (κ2) is 6.98. The van der Waals surface area contributed by atoms with E-state index in [2.05, 4.69) is 25.2 Å². The summed E-state index contributed by atoms with van der Waals surface area (Å²) in [5.41, 5.74) is -0.529. The van der Waals surface area contributed by atoms with Gasteiger partial charge in [-0.3, -0.25) is 5.32 Å². The van der Waals surface area contributed by atoms with Crippen molar-refractivity contribution in [1.29, 1.82) is 5.26 Å². The first-order chi connectivity index (χ1) is 8.09. The molecule has 0 aliphatic heterocycles. The van der Waals surface area contributed by atoms with Crippen molar-refractivity contribution in [3.8, 4) is 6.07 Å². The van der Waals surface area contributed by atoms with Crippen LogP contribution in [0.2, 0.25) is 0 Å². The van der Waals surface area contributed by atoms with Crippen LogP contribution in [0.25, 0.3) is 0 Å². The van der Waals surface area contributed by atoms with E-state index in [0.717, 1.165) is 31.7 Å². The zero-order chi connectivity index (χ0) is 12.7. The molecule has 17 heavy (non-hydrogen) atoms. The number of rotatable bonds is 6. The second-order valence-corrected chi connectivity index (χ2v) is 5.56. The highest BCUT2D eigenvalue weighted by Crippen LogP contribution is 2.26. The Kier molecular flexibility index (Phi) is 5.94. The first-order valence-corrected chi connectivity index (χ1v) is 6.87. The minimum atomic E-state index is -0.529. The molecule has 1 saturated carbocycles. The van der Waals surface area contributed by atoms with Gasteiger partial charge in [-0.15, -0.1) is 0 Å². The maximum Gasteiger partial charge on any atom is 0.127 e. The van der Waals surface area contributed by atoms with Gasteiger partial charge in [0.25, 0.3) is 0 Å². The van der Waals surface area contributed by atoms with Crippen molar-refractivity contribution in [2.75, 3.05) is 13.2 Å². The van der Waals surface area contributed by atoms with E-state index in [1.165, 1.54) is 12.8 Å². The van der Waals surface area contributed by atoms with Gasteiger partial charge in [-0.1, -0.05) is 13.8 Å². The van der Waals surface area contributed by atoms with Crippen LogP contribution in [0.3, 0.4) is 0 Å². The molecule has 1 rings (SSSR count). The Bertz CT molecular complexity index is 253. The molecule has 0 bridgehead atoms. The Morgan fingerprint density at radius 2 is 2.00 bits per heavy atom. The molecule has 1 fully saturated rings. The summed E-state index contributed by atoms with van der Waals surface area (Å²) >= 11 is 0. The van der Waals surface area contributed by atoms with Crippen LogP contribution >= 0.6 is 0 Å². The summed E-state index contributed by atoms with van der Waals surface area (Å²) in [5, 5.41) is 12.4. The number of nitriles is 1. The van der Waals surface area contributed by atoms with E-state index in [1.807, 2.05) is 6.92 Å². The van der Waals surface area contributed by atoms with Gasteiger partial charge in [0.05, 0.1) is 18.8 Å². The van der Waals surface area contributed by atoms with Crippen molar-refractivity contribution < 1.29 is 4.74 Å². The lowest BCUT2D eigenvalue weighted by Gasteiger charge is -2.30. The van der Waals surface area contributed by atoms with Gasteiger partial charge in [0.1, 0.15) is 5.54 Å². The smallest absolute Gasteiger partial charge is 0.127 e. The van der Waals surface area contributed by atoms with E-state index < -0.39 is 5.54 Å². The van der Waals surface area contributed by atoms with Crippen molar-refractivity contribution in [2.45, 2.75) is 64.5 Å². The van der Waals surface area contributed by atoms with E-state index in [9.17, 15) is 5.26 Å². The Morgan fingerprint density at radius 3 is 2.53 bits per heavy atom. The molecule has 1 atom stereocenters. The SMILES string of the molecule is CCCNC(C)(C#N)COC1CCC(C)CC1. The maximum absolute atomic E-state index is 9.19. The summed E-state index contributed by atoms with van der Waals surface area (Å²) in [6.07, 6.45) is 6.22. The van der Waals surface area contributed by atoms with Crippen molar-refractivity contribution in [3.63, 3.8) is 0 Å². The van der Waals surface area contributed by atoms with Gasteiger partial charge in [-0.25, -0.2) is 0 Å². The average molecular weight is 238 g/mol. The van der Waals surface area contributed by atoms with Crippen molar-refractivity contribution >= 4 is 0 Å². The van der Waals surface area contributed by atoms with E-state index in [1.54, 1.807) is 0 Å². The molecule has 0 saturated heterocycles. The van der Waals surface area contributed by atoms with Gasteiger partial charge in [0.15, 0.2) is 0 Å². The summed E-state index contributed by atoms with van der Waals surface area (Å²) in [6.45, 7) is 7.71. The zero-order valence-corrected chi connectivity index (χ0v) is 11.5. The molecular formula is C14H26N2O. The predicted octanol–water partition coefficient (Wildman–Crippen LogP) is 2.86. The summed E-state index contributed by atoms with van der Waals surface area (Å²) in [4.78, 5) is 0. The first-order valence-electron chi connectivity index (χ1n) is 6.87. The monoisotopic (exact) mass is 238 g/mol. The van der Waals surface area contributed by atoms with Crippen LogP contribution in [-0.2, 0) is 4.74 Å². The lowest BCUT2D eigenvalue weighted by atomic mass is 9.89. The van der Waals surface area contributed by atoms with Crippen molar-refractivity contribution in [3.05, 3.63) is 0 Å². The lowest BCUT2D eigenvalue weighted by molar-refractivity contribution is -0.000526. The third-order valence-corrected chi connectivity index (χ3v) is 3.58. The molecule has 3 nitrogen and oxygen atoms in total. The zero-order valence-electron chi connectivity index (χ0n) is 11.5. The minimum Gasteiger partial charge on any atom is -0.375 e. The summed E-state index contributed by atoms with van der Waals surface area (Å²) < 4.78 is 5.90. The number of nitrogens with zero attached hydrogens (tertiary/aromatic N) is 1. The van der Waals surface area contributed by atoms with Gasteiger partial charge in [-0.05, 0) is 51.5 Å². The number of nitrogens with one attached hydrogen (secondary N) is 1. The van der Waals surface area contributed by atoms with Gasteiger partial charge in [-0.2, -0.15) is 5.26 Å². The largest absolute Gasteiger partial charge is 0.375 e. The molecule has 0 aromatic rings. The molecule has 1 aliphatic rings. The second-order valence-electron chi connectivity index (χ2n) is 5.56. The van der Waals surface area contributed by atoms with E-state index in [0.29, 0.717) is 12.7 Å². The van der Waals surface area contributed by atoms with Crippen LogP contribution in [0.1, 0.15) is 52.9 Å². The number of hydrogen-bond acceptors (Lipinski definition) is 3. The standard InChI is InChI=1S/C14H26N2O/c1-4-9-16-14(3,10-15)11-17-13-7-5-12(2)6-8-13/h12-13,16H,4-9,11H2,1-3H3. The molecule has 1 N–H and O–H groups in total. The van der Waals surface area contributed by atoms with Crippen LogP contribution in [-0.4, -0.2) is 24.8 Å². The topological polar surface area (TPSA) is 45.0 Å². The minimum absolute atomic E-state index is 0.363. The molecule has 0 aromatic heterocycles. The molecule has 0 heterocycles. The molecule has 0 aromatic carbocycles. The third-order valence-electron chi connectivity index (χ3n) is 3.58. The average Bonchev–Trinajstić information content (AvgIpc) is 2.36. The Hall–Kier alpha value is -0.590. The summed E-state index contributed by atoms with van der Waals surface area (Å²) in [5.74, 6) is 0.843. The third kappa shape index (κ3) is 5.06. The molecule has 1 aliphatic carbocycles. The molecule has 0 radical (unpaired) electrons. The van der Waals surface area contributed by atoms with Gasteiger partial charge < -0.3 is 4.74 Å². The van der Waals surface area contributed by atoms with E-state index in [4.69, 9.17) is 4.74 Å². The van der Waals surface area contributed by atoms with Gasteiger partial charge >= 0.3 is 0 Å². The van der Waals surface area contributed by atoms with Gasteiger partial charge in [0, 0.05) is 0 Å². The van der Waals surface area contributed by atoms with Crippen molar-refractivity contribution in [1.82, 2.24) is 5.32 Å². The molecular weight excluding hydrogens is 212 g/mol. The van der Waals surface area contributed by atoms with Crippen LogP contribution in [0.15, 0.2) is 0 Å². The van der Waals surface area contributed by atoms with Gasteiger partial charge in [0.2, 0.25) is 0 Å². The summed E-state index contributed by atoms with van der Waals surface area (Å²) in [6, 6.07) is 2.33. The van der Waals surface area contributed by atoms with Crippen LogP contribution in [0.4, 0.5) is 0 Å². The Balaban J connectivity index is 2.30. The predicted molar refractivity (Wildman–Crippen MR) is 69.7 cm³/mol. The highest BCUT2D eigenvalue weighted by Gasteiger charge is 2.26. The van der Waals surface area contributed by atoms with Crippen molar-refractivity contribution in [2.24, 2.45) is 5.92 Å². The first kappa shape index (κ1) is 14.5. The quantitative estimate of drug-likeness (QED) is 0.774. The molecule has 0 spiro atoms. The fraction of sp³-hybridized carbons (Fsp3) is 0.929. The molecule has 1 unspecified atom stereocenters. The van der Waals surface area contributed by atoms with Crippen LogP contribution in [0.5, 0.6) is 0 Å². The fourth-order valence-electron chi connectivity index (χ4n) is 2.20. The molecule has 3 heteroatoms. The van der Waals surface area contributed by atoms with Crippen LogP contribution in [0, 0.1) is 17.2 Å². The Labute approximate surface area is 106 Å².